The van der Waals surface area contributed by atoms with E-state index in [1.807, 2.05) is 0 Å². The van der Waals surface area contributed by atoms with Crippen molar-refractivity contribution in [3.05, 3.63) is 48.3 Å². The van der Waals surface area contributed by atoms with Gasteiger partial charge in [0.25, 0.3) is 0 Å². The van der Waals surface area contributed by atoms with Crippen LogP contribution in [0.2, 0.25) is 0 Å². The van der Waals surface area contributed by atoms with Crippen LogP contribution in [0.15, 0.2) is 42.7 Å². The average molecular weight is 371 g/mol. The van der Waals surface area contributed by atoms with Crippen LogP contribution in [0.1, 0.15) is 103 Å². The lowest BCUT2D eigenvalue weighted by atomic mass is 10.1. The largest absolute Gasteiger partial charge is 0.352 e. The van der Waals surface area contributed by atoms with Crippen molar-refractivity contribution in [2.45, 2.75) is 97.1 Å². The molecule has 0 saturated carbocycles. The lowest BCUT2D eigenvalue weighted by molar-refractivity contribution is 0.152. The summed E-state index contributed by atoms with van der Waals surface area (Å²) >= 11 is 0. The molecule has 0 radical (unpaired) electrons. The van der Waals surface area contributed by atoms with Crippen LogP contribution in [-0.4, -0.2) is 22.9 Å². The standard InChI is InChI=1S/C25H42N2/c1-3-5-6-7-8-9-10-11-12-13-17-21-27-23-22-26(20-4-2)25(27)24-18-15-14-16-19-24/h14-16,18-19,22-23,25H,3-13,17,20-21H2,1-2H3. The Balaban J connectivity index is 1.61. The highest BCUT2D eigenvalue weighted by atomic mass is 15.4. The zero-order chi connectivity index (χ0) is 19.2. The number of unbranched alkanes of at least 4 members (excludes halogenated alkanes) is 10. The maximum Gasteiger partial charge on any atom is 0.127 e. The SMILES string of the molecule is CCCCCCCCCCCCCN1C=CN(CCC)C1c1ccccc1. The normalized spacial score (nSPS) is 16.4. The number of benzene rings is 1. The van der Waals surface area contributed by atoms with Gasteiger partial charge in [0.15, 0.2) is 0 Å². The summed E-state index contributed by atoms with van der Waals surface area (Å²) in [6.45, 7) is 6.86. The van der Waals surface area contributed by atoms with E-state index in [0.29, 0.717) is 6.17 Å². The quantitative estimate of drug-likeness (QED) is 0.295. The van der Waals surface area contributed by atoms with Crippen molar-refractivity contribution in [3.63, 3.8) is 0 Å². The number of hydrogen-bond donors (Lipinski definition) is 0. The number of hydrogen-bond acceptors (Lipinski definition) is 2. The second-order valence-corrected chi connectivity index (χ2v) is 8.09. The van der Waals surface area contributed by atoms with Gasteiger partial charge in [0.2, 0.25) is 0 Å². The fourth-order valence-corrected chi connectivity index (χ4v) is 4.14. The third-order valence-electron chi connectivity index (χ3n) is 5.68. The first-order chi connectivity index (χ1) is 13.4. The van der Waals surface area contributed by atoms with E-state index >= 15 is 0 Å². The summed E-state index contributed by atoms with van der Waals surface area (Å²) in [6, 6.07) is 11.0. The van der Waals surface area contributed by atoms with Crippen LogP contribution in [0.3, 0.4) is 0 Å². The van der Waals surface area contributed by atoms with E-state index in [-0.39, 0.29) is 0 Å². The van der Waals surface area contributed by atoms with Gasteiger partial charge in [-0.15, -0.1) is 0 Å². The highest BCUT2D eigenvalue weighted by Crippen LogP contribution is 2.31. The number of nitrogens with zero attached hydrogens (tertiary/aromatic N) is 2. The molecule has 1 aliphatic rings. The Labute approximate surface area is 168 Å². The zero-order valence-electron chi connectivity index (χ0n) is 17.9. The summed E-state index contributed by atoms with van der Waals surface area (Å²) < 4.78 is 0. The minimum atomic E-state index is 0.397. The molecule has 0 fully saturated rings. The Morgan fingerprint density at radius 2 is 1.11 bits per heavy atom. The maximum atomic E-state index is 2.54. The summed E-state index contributed by atoms with van der Waals surface area (Å²) in [5, 5.41) is 0. The van der Waals surface area contributed by atoms with Gasteiger partial charge < -0.3 is 9.80 Å². The molecule has 1 aromatic carbocycles. The smallest absolute Gasteiger partial charge is 0.127 e. The molecule has 0 N–H and O–H groups in total. The monoisotopic (exact) mass is 370 g/mol. The van der Waals surface area contributed by atoms with Gasteiger partial charge in [-0.1, -0.05) is 108 Å². The second kappa shape index (κ2) is 13.7. The summed E-state index contributed by atoms with van der Waals surface area (Å²) in [5.74, 6) is 0. The molecule has 2 nitrogen and oxygen atoms in total. The van der Waals surface area contributed by atoms with E-state index in [9.17, 15) is 0 Å². The molecule has 0 bridgehead atoms. The average Bonchev–Trinajstić information content (AvgIpc) is 3.09. The molecule has 1 atom stereocenters. The van der Waals surface area contributed by atoms with Gasteiger partial charge in [0, 0.05) is 25.5 Å². The molecule has 0 saturated heterocycles. The summed E-state index contributed by atoms with van der Waals surface area (Å²) in [4.78, 5) is 5.03. The van der Waals surface area contributed by atoms with E-state index in [1.54, 1.807) is 0 Å². The third kappa shape index (κ3) is 7.99. The van der Waals surface area contributed by atoms with Crippen molar-refractivity contribution in [1.29, 1.82) is 0 Å². The Morgan fingerprint density at radius 3 is 1.67 bits per heavy atom. The topological polar surface area (TPSA) is 6.48 Å². The van der Waals surface area contributed by atoms with Crippen molar-refractivity contribution >= 4 is 0 Å². The van der Waals surface area contributed by atoms with Crippen molar-refractivity contribution in [2.24, 2.45) is 0 Å². The first-order valence-corrected chi connectivity index (χ1v) is 11.6. The molecule has 1 unspecified atom stereocenters. The predicted octanol–water partition coefficient (Wildman–Crippen LogP) is 7.50. The van der Waals surface area contributed by atoms with Gasteiger partial charge >= 0.3 is 0 Å². The molecule has 0 aromatic heterocycles. The van der Waals surface area contributed by atoms with Gasteiger partial charge in [-0.05, 0) is 18.4 Å². The van der Waals surface area contributed by atoms with Crippen molar-refractivity contribution in [3.8, 4) is 0 Å². The summed E-state index contributed by atoms with van der Waals surface area (Å²) in [7, 11) is 0. The van der Waals surface area contributed by atoms with Crippen LogP contribution in [0.25, 0.3) is 0 Å². The van der Waals surface area contributed by atoms with Gasteiger partial charge in [-0.25, -0.2) is 0 Å². The summed E-state index contributed by atoms with van der Waals surface area (Å²) in [6.07, 6.45) is 21.7. The van der Waals surface area contributed by atoms with Crippen molar-refractivity contribution < 1.29 is 0 Å². The van der Waals surface area contributed by atoms with Crippen LogP contribution in [0, 0.1) is 0 Å². The van der Waals surface area contributed by atoms with Crippen molar-refractivity contribution in [1.82, 2.24) is 9.80 Å². The highest BCUT2D eigenvalue weighted by molar-refractivity contribution is 5.21. The Kier molecular flexibility index (Phi) is 11.1. The van der Waals surface area contributed by atoms with E-state index < -0.39 is 0 Å². The van der Waals surface area contributed by atoms with E-state index in [0.717, 1.165) is 6.54 Å². The lowest BCUT2D eigenvalue weighted by Gasteiger charge is -2.33. The van der Waals surface area contributed by atoms with Gasteiger partial charge in [0.05, 0.1) is 0 Å². The minimum absolute atomic E-state index is 0.397. The Bertz CT molecular complexity index is 496. The molecule has 2 heteroatoms. The predicted molar refractivity (Wildman–Crippen MR) is 118 cm³/mol. The second-order valence-electron chi connectivity index (χ2n) is 8.09. The van der Waals surface area contributed by atoms with E-state index in [4.69, 9.17) is 0 Å². The minimum Gasteiger partial charge on any atom is -0.352 e. The summed E-state index contributed by atoms with van der Waals surface area (Å²) in [5.41, 5.74) is 1.42. The fourth-order valence-electron chi connectivity index (χ4n) is 4.14. The van der Waals surface area contributed by atoms with Gasteiger partial charge in [0.1, 0.15) is 6.17 Å². The Hall–Kier alpha value is -1.44. The van der Waals surface area contributed by atoms with Crippen LogP contribution in [0.4, 0.5) is 0 Å². The molecule has 1 aromatic rings. The molecule has 0 aliphatic carbocycles. The molecule has 2 rings (SSSR count). The number of rotatable bonds is 15. The first-order valence-electron chi connectivity index (χ1n) is 11.6. The maximum absolute atomic E-state index is 2.54. The first kappa shape index (κ1) is 21.9. The molecule has 0 amide bonds. The lowest BCUT2D eigenvalue weighted by Crippen LogP contribution is -2.31. The Morgan fingerprint density at radius 1 is 0.593 bits per heavy atom. The van der Waals surface area contributed by atoms with Crippen LogP contribution in [-0.2, 0) is 0 Å². The molecular weight excluding hydrogens is 328 g/mol. The molecule has 1 heterocycles. The van der Waals surface area contributed by atoms with Gasteiger partial charge in [-0.2, -0.15) is 0 Å². The van der Waals surface area contributed by atoms with Gasteiger partial charge in [-0.3, -0.25) is 0 Å². The molecule has 0 spiro atoms. The molecule has 27 heavy (non-hydrogen) atoms. The third-order valence-corrected chi connectivity index (χ3v) is 5.68. The van der Waals surface area contributed by atoms with Crippen LogP contribution in [0.5, 0.6) is 0 Å². The molecular formula is C25H42N2. The zero-order valence-corrected chi connectivity index (χ0v) is 17.9. The fraction of sp³-hybridized carbons (Fsp3) is 0.680. The molecule has 152 valence electrons. The highest BCUT2D eigenvalue weighted by Gasteiger charge is 2.26. The van der Waals surface area contributed by atoms with E-state index in [1.165, 1.54) is 89.2 Å². The van der Waals surface area contributed by atoms with Crippen molar-refractivity contribution in [2.75, 3.05) is 13.1 Å². The van der Waals surface area contributed by atoms with Crippen LogP contribution >= 0.6 is 0 Å². The van der Waals surface area contributed by atoms with E-state index in [2.05, 4.69) is 66.4 Å². The van der Waals surface area contributed by atoms with Crippen LogP contribution < -0.4 is 0 Å². The molecule has 1 aliphatic heterocycles.